The van der Waals surface area contributed by atoms with Crippen molar-refractivity contribution in [3.05, 3.63) is 117 Å². The van der Waals surface area contributed by atoms with Crippen LogP contribution in [0.5, 0.6) is 5.75 Å². The lowest BCUT2D eigenvalue weighted by Crippen LogP contribution is -2.54. The van der Waals surface area contributed by atoms with Crippen molar-refractivity contribution in [3.63, 3.8) is 0 Å². The summed E-state index contributed by atoms with van der Waals surface area (Å²) < 4.78 is 7.95. The predicted octanol–water partition coefficient (Wildman–Crippen LogP) is 6.34. The van der Waals surface area contributed by atoms with E-state index in [9.17, 15) is 14.9 Å². The predicted molar refractivity (Wildman–Crippen MR) is 163 cm³/mol. The molecule has 5 rings (SSSR count). The standard InChI is InChI=1S/C32H25ClN4O3S/c1-19-15-24(16-27-30(38)35-32(41)37(31(27)39)29-10-6-9-28(33)20(29)2)21(3)36(19)25-11-13-26(14-12-25)40-18-23-8-5-4-7-22(23)17-34/h4-16H,18H2,1-3H3,(H,35,38,41)/b27-16+. The molecular formula is C32H25ClN4O3S. The number of hydrogen-bond acceptors (Lipinski definition) is 5. The molecule has 41 heavy (non-hydrogen) atoms. The average molecular weight is 581 g/mol. The van der Waals surface area contributed by atoms with Crippen LogP contribution in [0.3, 0.4) is 0 Å². The highest BCUT2D eigenvalue weighted by Gasteiger charge is 2.35. The average Bonchev–Trinajstić information content (AvgIpc) is 3.24. The maximum absolute atomic E-state index is 13.6. The van der Waals surface area contributed by atoms with Gasteiger partial charge < -0.3 is 9.30 Å². The molecule has 1 saturated heterocycles. The number of anilines is 1. The Balaban J connectivity index is 1.41. The molecule has 4 aromatic rings. The van der Waals surface area contributed by atoms with Gasteiger partial charge in [-0.2, -0.15) is 5.26 Å². The summed E-state index contributed by atoms with van der Waals surface area (Å²) >= 11 is 11.6. The number of aromatic nitrogens is 1. The number of thiocarbonyl (C=S) groups is 1. The number of carbonyl (C=O) groups is 2. The highest BCUT2D eigenvalue weighted by atomic mass is 35.5. The Morgan fingerprint density at radius 3 is 2.49 bits per heavy atom. The fraction of sp³-hybridized carbons (Fsp3) is 0.125. The van der Waals surface area contributed by atoms with Crippen molar-refractivity contribution in [3.8, 4) is 17.5 Å². The first-order valence-electron chi connectivity index (χ1n) is 12.8. The van der Waals surface area contributed by atoms with Gasteiger partial charge in [-0.05, 0) is 98.7 Å². The molecule has 1 aliphatic rings. The Hall–Kier alpha value is -4.71. The number of nitriles is 1. The number of carbonyl (C=O) groups excluding carboxylic acids is 2. The molecule has 1 aliphatic heterocycles. The number of nitrogens with one attached hydrogen (secondary N) is 1. The summed E-state index contributed by atoms with van der Waals surface area (Å²) in [5, 5.41) is 12.4. The van der Waals surface area contributed by atoms with Crippen LogP contribution in [-0.2, 0) is 16.2 Å². The highest BCUT2D eigenvalue weighted by molar-refractivity contribution is 7.80. The summed E-state index contributed by atoms with van der Waals surface area (Å²) in [6.45, 7) is 5.96. The molecule has 0 atom stereocenters. The van der Waals surface area contributed by atoms with E-state index >= 15 is 0 Å². The molecule has 0 radical (unpaired) electrons. The van der Waals surface area contributed by atoms with E-state index in [0.29, 0.717) is 27.6 Å². The van der Waals surface area contributed by atoms with Crippen LogP contribution in [0, 0.1) is 32.1 Å². The second kappa shape index (κ2) is 11.4. The molecule has 7 nitrogen and oxygen atoms in total. The van der Waals surface area contributed by atoms with Crippen LogP contribution in [0.4, 0.5) is 5.69 Å². The van der Waals surface area contributed by atoms with E-state index in [1.54, 1.807) is 37.3 Å². The van der Waals surface area contributed by atoms with Gasteiger partial charge in [0.2, 0.25) is 0 Å². The summed E-state index contributed by atoms with van der Waals surface area (Å²) in [5.74, 6) is -0.406. The summed E-state index contributed by atoms with van der Waals surface area (Å²) in [7, 11) is 0. The number of aryl methyl sites for hydroxylation is 1. The fourth-order valence-corrected chi connectivity index (χ4v) is 5.25. The van der Waals surface area contributed by atoms with Crippen LogP contribution in [0.25, 0.3) is 11.8 Å². The topological polar surface area (TPSA) is 87.4 Å². The molecule has 0 unspecified atom stereocenters. The minimum Gasteiger partial charge on any atom is -0.489 e. The van der Waals surface area contributed by atoms with Crippen LogP contribution in [0.15, 0.2) is 78.4 Å². The Kier molecular flexibility index (Phi) is 7.75. The van der Waals surface area contributed by atoms with Gasteiger partial charge in [-0.25, -0.2) is 0 Å². The van der Waals surface area contributed by atoms with E-state index in [1.807, 2.05) is 66.9 Å². The molecule has 2 amide bonds. The third-order valence-corrected chi connectivity index (χ3v) is 7.67. The van der Waals surface area contributed by atoms with E-state index < -0.39 is 11.8 Å². The largest absolute Gasteiger partial charge is 0.489 e. The second-order valence-corrected chi connectivity index (χ2v) is 10.3. The van der Waals surface area contributed by atoms with Crippen molar-refractivity contribution in [2.75, 3.05) is 4.90 Å². The minimum absolute atomic E-state index is 0.00594. The van der Waals surface area contributed by atoms with Gasteiger partial charge in [0, 0.05) is 27.7 Å². The van der Waals surface area contributed by atoms with Crippen LogP contribution in [0.2, 0.25) is 5.02 Å². The number of nitrogens with zero attached hydrogens (tertiary/aromatic N) is 3. The number of benzene rings is 3. The van der Waals surface area contributed by atoms with Crippen molar-refractivity contribution in [2.24, 2.45) is 0 Å². The number of rotatable bonds is 6. The summed E-state index contributed by atoms with van der Waals surface area (Å²) in [6, 6.07) is 24.2. The molecule has 9 heteroatoms. The fourth-order valence-electron chi connectivity index (χ4n) is 4.81. The van der Waals surface area contributed by atoms with Gasteiger partial charge in [-0.15, -0.1) is 0 Å². The molecule has 0 saturated carbocycles. The Labute approximate surface area is 248 Å². The molecule has 1 N–H and O–H groups in total. The van der Waals surface area contributed by atoms with Crippen molar-refractivity contribution >= 4 is 52.5 Å². The number of hydrogen-bond donors (Lipinski definition) is 1. The number of halogens is 1. The van der Waals surface area contributed by atoms with Crippen LogP contribution < -0.4 is 15.0 Å². The zero-order valence-corrected chi connectivity index (χ0v) is 24.1. The van der Waals surface area contributed by atoms with Gasteiger partial charge >= 0.3 is 0 Å². The number of amides is 2. The quantitative estimate of drug-likeness (QED) is 0.163. The third-order valence-electron chi connectivity index (χ3n) is 6.98. The molecule has 0 bridgehead atoms. The first-order chi connectivity index (χ1) is 19.7. The molecule has 3 aromatic carbocycles. The molecule has 1 aromatic heterocycles. The first kappa shape index (κ1) is 27.8. The van der Waals surface area contributed by atoms with E-state index in [2.05, 4.69) is 11.4 Å². The van der Waals surface area contributed by atoms with Gasteiger partial charge in [0.05, 0.1) is 17.3 Å². The van der Waals surface area contributed by atoms with Crippen molar-refractivity contribution in [1.29, 1.82) is 5.26 Å². The van der Waals surface area contributed by atoms with Crippen LogP contribution in [0.1, 0.15) is 33.6 Å². The third kappa shape index (κ3) is 5.38. The Morgan fingerprint density at radius 1 is 1.02 bits per heavy atom. The van der Waals surface area contributed by atoms with E-state index in [4.69, 9.17) is 28.6 Å². The molecule has 0 aliphatic carbocycles. The summed E-state index contributed by atoms with van der Waals surface area (Å²) in [6.07, 6.45) is 1.59. The van der Waals surface area contributed by atoms with Crippen molar-refractivity contribution in [2.45, 2.75) is 27.4 Å². The highest BCUT2D eigenvalue weighted by Crippen LogP contribution is 2.31. The lowest BCUT2D eigenvalue weighted by atomic mass is 10.1. The normalized spacial score (nSPS) is 14.3. The van der Waals surface area contributed by atoms with Crippen molar-refractivity contribution in [1.82, 2.24) is 9.88 Å². The molecule has 0 spiro atoms. The van der Waals surface area contributed by atoms with E-state index in [1.165, 1.54) is 4.90 Å². The molecule has 204 valence electrons. The SMILES string of the molecule is Cc1c(Cl)cccc1N1C(=O)/C(=C/c2cc(C)n(-c3ccc(OCc4ccccc4C#N)cc3)c2C)C(=O)NC1=S. The smallest absolute Gasteiger partial charge is 0.270 e. The van der Waals surface area contributed by atoms with Gasteiger partial charge in [-0.1, -0.05) is 35.9 Å². The van der Waals surface area contributed by atoms with E-state index in [-0.39, 0.29) is 17.3 Å². The summed E-state index contributed by atoms with van der Waals surface area (Å²) in [5.41, 5.74) is 5.97. The van der Waals surface area contributed by atoms with Crippen molar-refractivity contribution < 1.29 is 14.3 Å². The maximum atomic E-state index is 13.6. The van der Waals surface area contributed by atoms with Gasteiger partial charge in [0.15, 0.2) is 5.11 Å². The van der Waals surface area contributed by atoms with Crippen LogP contribution >= 0.6 is 23.8 Å². The maximum Gasteiger partial charge on any atom is 0.270 e. The number of ether oxygens (including phenoxy) is 1. The van der Waals surface area contributed by atoms with Gasteiger partial charge in [0.25, 0.3) is 11.8 Å². The first-order valence-corrected chi connectivity index (χ1v) is 13.5. The lowest BCUT2D eigenvalue weighted by Gasteiger charge is -2.30. The van der Waals surface area contributed by atoms with E-state index in [0.717, 1.165) is 28.2 Å². The van der Waals surface area contributed by atoms with Crippen LogP contribution in [-0.4, -0.2) is 21.5 Å². The zero-order valence-electron chi connectivity index (χ0n) is 22.6. The molecule has 2 heterocycles. The lowest BCUT2D eigenvalue weighted by molar-refractivity contribution is -0.122. The monoisotopic (exact) mass is 580 g/mol. The molecule has 1 fully saturated rings. The molecular weight excluding hydrogens is 556 g/mol. The summed E-state index contributed by atoms with van der Waals surface area (Å²) in [4.78, 5) is 27.7. The second-order valence-electron chi connectivity index (χ2n) is 9.56. The Morgan fingerprint density at radius 2 is 1.76 bits per heavy atom. The van der Waals surface area contributed by atoms with Gasteiger partial charge in [-0.3, -0.25) is 19.8 Å². The van der Waals surface area contributed by atoms with Gasteiger partial charge in [0.1, 0.15) is 17.9 Å². The zero-order chi connectivity index (χ0) is 29.3. The Bertz CT molecular complexity index is 1780. The minimum atomic E-state index is -0.555.